The molecule has 0 saturated heterocycles. The predicted molar refractivity (Wildman–Crippen MR) is 74.2 cm³/mol. The molecule has 0 aliphatic carbocycles. The van der Waals surface area contributed by atoms with Crippen LogP contribution in [-0.2, 0) is 4.79 Å². The molecule has 0 aromatic carbocycles. The Hall–Kier alpha value is -2.33. The lowest BCUT2D eigenvalue weighted by atomic mass is 10.3. The van der Waals surface area contributed by atoms with E-state index in [1.807, 2.05) is 0 Å². The SMILES string of the molecule is Cc1cc(NC(=O)CCSc2cc(C#N)ccn2)no1. The Labute approximate surface area is 120 Å². The van der Waals surface area contributed by atoms with Crippen molar-refractivity contribution in [2.75, 3.05) is 11.1 Å². The van der Waals surface area contributed by atoms with Crippen molar-refractivity contribution >= 4 is 23.5 Å². The minimum absolute atomic E-state index is 0.137. The molecule has 1 amide bonds. The van der Waals surface area contributed by atoms with Crippen LogP contribution < -0.4 is 5.32 Å². The van der Waals surface area contributed by atoms with E-state index in [4.69, 9.17) is 9.78 Å². The summed E-state index contributed by atoms with van der Waals surface area (Å²) in [6.45, 7) is 1.76. The maximum atomic E-state index is 11.7. The van der Waals surface area contributed by atoms with Crippen LogP contribution >= 0.6 is 11.8 Å². The van der Waals surface area contributed by atoms with Crippen LogP contribution in [0.1, 0.15) is 17.7 Å². The molecule has 0 unspecified atom stereocenters. The van der Waals surface area contributed by atoms with Crippen molar-refractivity contribution in [2.45, 2.75) is 18.4 Å². The van der Waals surface area contributed by atoms with Gasteiger partial charge in [-0.25, -0.2) is 4.98 Å². The largest absolute Gasteiger partial charge is 0.360 e. The van der Waals surface area contributed by atoms with E-state index >= 15 is 0 Å². The Morgan fingerprint density at radius 2 is 2.40 bits per heavy atom. The molecule has 0 radical (unpaired) electrons. The van der Waals surface area contributed by atoms with Crippen LogP contribution in [0, 0.1) is 18.3 Å². The Bertz CT molecular complexity index is 648. The summed E-state index contributed by atoms with van der Waals surface area (Å²) in [5.41, 5.74) is 0.560. The monoisotopic (exact) mass is 288 g/mol. The Balaban J connectivity index is 1.78. The Kier molecular flexibility index (Phi) is 4.74. The molecule has 2 rings (SSSR count). The topological polar surface area (TPSA) is 91.8 Å². The summed E-state index contributed by atoms with van der Waals surface area (Å²) in [4.78, 5) is 15.8. The van der Waals surface area contributed by atoms with E-state index in [1.54, 1.807) is 31.3 Å². The summed E-state index contributed by atoms with van der Waals surface area (Å²) < 4.78 is 4.85. The van der Waals surface area contributed by atoms with Crippen LogP contribution in [0.15, 0.2) is 33.9 Å². The lowest BCUT2D eigenvalue weighted by Crippen LogP contribution is -2.12. The van der Waals surface area contributed by atoms with Gasteiger partial charge in [-0.05, 0) is 19.1 Å². The number of hydrogen-bond donors (Lipinski definition) is 1. The van der Waals surface area contributed by atoms with E-state index in [0.717, 1.165) is 5.03 Å². The Morgan fingerprint density at radius 3 is 3.10 bits per heavy atom. The second kappa shape index (κ2) is 6.73. The van der Waals surface area contributed by atoms with Crippen LogP contribution in [0.4, 0.5) is 5.82 Å². The quantitative estimate of drug-likeness (QED) is 0.849. The first-order valence-corrected chi connectivity index (χ1v) is 6.88. The number of thioether (sulfide) groups is 1. The minimum Gasteiger partial charge on any atom is -0.360 e. The zero-order valence-corrected chi connectivity index (χ0v) is 11.6. The van der Waals surface area contributed by atoms with Crippen molar-refractivity contribution in [1.82, 2.24) is 10.1 Å². The number of hydrogen-bond acceptors (Lipinski definition) is 6. The molecular weight excluding hydrogens is 276 g/mol. The van der Waals surface area contributed by atoms with Gasteiger partial charge < -0.3 is 9.84 Å². The van der Waals surface area contributed by atoms with Crippen LogP contribution in [0.5, 0.6) is 0 Å². The maximum Gasteiger partial charge on any atom is 0.226 e. The molecule has 0 aliphatic heterocycles. The van der Waals surface area contributed by atoms with Gasteiger partial charge in [-0.1, -0.05) is 5.16 Å². The molecule has 20 heavy (non-hydrogen) atoms. The zero-order valence-electron chi connectivity index (χ0n) is 10.8. The lowest BCUT2D eigenvalue weighted by molar-refractivity contribution is -0.115. The van der Waals surface area contributed by atoms with Crippen molar-refractivity contribution in [1.29, 1.82) is 5.26 Å². The summed E-state index contributed by atoms with van der Waals surface area (Å²) in [5, 5.41) is 15.8. The highest BCUT2D eigenvalue weighted by Gasteiger charge is 2.06. The van der Waals surface area contributed by atoms with Gasteiger partial charge in [0.2, 0.25) is 5.91 Å². The molecule has 2 heterocycles. The molecule has 1 N–H and O–H groups in total. The number of nitriles is 1. The summed E-state index contributed by atoms with van der Waals surface area (Å²) in [5.74, 6) is 1.50. The van der Waals surface area contributed by atoms with E-state index in [-0.39, 0.29) is 5.91 Å². The molecule has 7 heteroatoms. The number of anilines is 1. The van der Waals surface area contributed by atoms with Crippen LogP contribution in [-0.4, -0.2) is 21.8 Å². The van der Waals surface area contributed by atoms with Crippen molar-refractivity contribution in [3.05, 3.63) is 35.7 Å². The summed E-state index contributed by atoms with van der Waals surface area (Å²) in [6, 6.07) is 7.05. The molecule has 102 valence electrons. The zero-order chi connectivity index (χ0) is 14.4. The van der Waals surface area contributed by atoms with Gasteiger partial charge in [0.05, 0.1) is 16.7 Å². The normalized spacial score (nSPS) is 10.0. The smallest absolute Gasteiger partial charge is 0.226 e. The highest BCUT2D eigenvalue weighted by Crippen LogP contribution is 2.17. The van der Waals surface area contributed by atoms with Gasteiger partial charge in [-0.3, -0.25) is 4.79 Å². The summed E-state index contributed by atoms with van der Waals surface area (Å²) in [7, 11) is 0. The minimum atomic E-state index is -0.137. The number of carbonyl (C=O) groups is 1. The fourth-order valence-corrected chi connectivity index (χ4v) is 2.28. The molecular formula is C13H12N4O2S. The van der Waals surface area contributed by atoms with Gasteiger partial charge >= 0.3 is 0 Å². The fourth-order valence-electron chi connectivity index (χ4n) is 1.44. The molecule has 2 aromatic heterocycles. The second-order valence-electron chi connectivity index (χ2n) is 3.96. The maximum absolute atomic E-state index is 11.7. The standard InChI is InChI=1S/C13H12N4O2S/c1-9-6-11(17-19-9)16-12(18)3-5-20-13-7-10(8-14)2-4-15-13/h2,4,6-7H,3,5H2,1H3,(H,16,17,18). The van der Waals surface area contributed by atoms with Gasteiger partial charge in [-0.2, -0.15) is 5.26 Å². The van der Waals surface area contributed by atoms with Gasteiger partial charge in [-0.15, -0.1) is 11.8 Å². The number of nitrogens with zero attached hydrogens (tertiary/aromatic N) is 3. The molecule has 0 fully saturated rings. The first kappa shape index (κ1) is 14.1. The summed E-state index contributed by atoms with van der Waals surface area (Å²) >= 11 is 1.43. The van der Waals surface area contributed by atoms with E-state index < -0.39 is 0 Å². The van der Waals surface area contributed by atoms with Crippen molar-refractivity contribution in [2.24, 2.45) is 0 Å². The molecule has 0 atom stereocenters. The van der Waals surface area contributed by atoms with Crippen LogP contribution in [0.2, 0.25) is 0 Å². The fraction of sp³-hybridized carbons (Fsp3) is 0.231. The number of aryl methyl sites for hydroxylation is 1. The van der Waals surface area contributed by atoms with Crippen molar-refractivity contribution in [3.63, 3.8) is 0 Å². The third-order valence-corrected chi connectivity index (χ3v) is 3.27. The molecule has 0 aliphatic rings. The highest BCUT2D eigenvalue weighted by atomic mass is 32.2. The first-order chi connectivity index (χ1) is 9.67. The number of carbonyl (C=O) groups excluding carboxylic acids is 1. The van der Waals surface area contributed by atoms with Gasteiger partial charge in [0, 0.05) is 24.4 Å². The number of pyridine rings is 1. The average Bonchev–Trinajstić information content (AvgIpc) is 2.84. The number of amides is 1. The predicted octanol–water partition coefficient (Wildman–Crippen LogP) is 2.37. The van der Waals surface area contributed by atoms with E-state index in [1.165, 1.54) is 11.8 Å². The molecule has 2 aromatic rings. The second-order valence-corrected chi connectivity index (χ2v) is 5.08. The molecule has 0 bridgehead atoms. The van der Waals surface area contributed by atoms with Crippen LogP contribution in [0.3, 0.4) is 0 Å². The third-order valence-electron chi connectivity index (χ3n) is 2.34. The lowest BCUT2D eigenvalue weighted by Gasteiger charge is -2.01. The van der Waals surface area contributed by atoms with Crippen molar-refractivity contribution in [3.8, 4) is 6.07 Å². The van der Waals surface area contributed by atoms with Gasteiger partial charge in [0.25, 0.3) is 0 Å². The van der Waals surface area contributed by atoms with E-state index in [9.17, 15) is 4.79 Å². The first-order valence-electron chi connectivity index (χ1n) is 5.89. The van der Waals surface area contributed by atoms with Gasteiger partial charge in [0.15, 0.2) is 5.82 Å². The average molecular weight is 288 g/mol. The van der Waals surface area contributed by atoms with Gasteiger partial charge in [0.1, 0.15) is 5.76 Å². The number of aromatic nitrogens is 2. The Morgan fingerprint density at radius 1 is 1.55 bits per heavy atom. The number of rotatable bonds is 5. The van der Waals surface area contributed by atoms with Crippen LogP contribution in [0.25, 0.3) is 0 Å². The van der Waals surface area contributed by atoms with E-state index in [2.05, 4.69) is 21.5 Å². The molecule has 6 nitrogen and oxygen atoms in total. The number of nitrogens with one attached hydrogen (secondary N) is 1. The summed E-state index contributed by atoms with van der Waals surface area (Å²) in [6.07, 6.45) is 1.91. The third kappa shape index (κ3) is 4.10. The highest BCUT2D eigenvalue weighted by molar-refractivity contribution is 7.99. The molecule has 0 spiro atoms. The van der Waals surface area contributed by atoms with E-state index in [0.29, 0.717) is 29.3 Å². The van der Waals surface area contributed by atoms with Crippen molar-refractivity contribution < 1.29 is 9.32 Å². The molecule has 0 saturated carbocycles.